The summed E-state index contributed by atoms with van der Waals surface area (Å²) in [5.74, 6) is 2.28. The van der Waals surface area contributed by atoms with Crippen molar-refractivity contribution in [2.45, 2.75) is 32.7 Å². The minimum absolute atomic E-state index is 0.0810. The fraction of sp³-hybridized carbons (Fsp3) is 0.318. The Bertz CT molecular complexity index is 998. The van der Waals surface area contributed by atoms with Crippen molar-refractivity contribution in [1.29, 1.82) is 0 Å². The third-order valence-corrected chi connectivity index (χ3v) is 4.78. The zero-order valence-corrected chi connectivity index (χ0v) is 16.5. The summed E-state index contributed by atoms with van der Waals surface area (Å²) in [5, 5.41) is 11.1. The Morgan fingerprint density at radius 1 is 1.07 bits per heavy atom. The zero-order chi connectivity index (χ0) is 20.2. The van der Waals surface area contributed by atoms with Gasteiger partial charge in [-0.3, -0.25) is 4.79 Å². The highest BCUT2D eigenvalue weighted by atomic mass is 16.6. The van der Waals surface area contributed by atoms with Crippen molar-refractivity contribution in [3.63, 3.8) is 0 Å². The molecule has 29 heavy (non-hydrogen) atoms. The summed E-state index contributed by atoms with van der Waals surface area (Å²) in [7, 11) is 0. The SMILES string of the molecule is Cc1ccc(-c2nnc(CCC(=O)NC(C)c3ccc4c(c3)OCCO4)o2)cc1. The lowest BCUT2D eigenvalue weighted by Crippen LogP contribution is -2.27. The van der Waals surface area contributed by atoms with Gasteiger partial charge in [0.25, 0.3) is 0 Å². The molecule has 2 heterocycles. The van der Waals surface area contributed by atoms with Crippen molar-refractivity contribution in [3.05, 3.63) is 59.5 Å². The number of carbonyl (C=O) groups excluding carboxylic acids is 1. The van der Waals surface area contributed by atoms with Crippen LogP contribution in [0.4, 0.5) is 0 Å². The van der Waals surface area contributed by atoms with Crippen LogP contribution in [0, 0.1) is 6.92 Å². The van der Waals surface area contributed by atoms with Gasteiger partial charge in [0.2, 0.25) is 17.7 Å². The van der Waals surface area contributed by atoms with Crippen molar-refractivity contribution >= 4 is 5.91 Å². The Kier molecular flexibility index (Phi) is 5.46. The van der Waals surface area contributed by atoms with Gasteiger partial charge < -0.3 is 19.2 Å². The van der Waals surface area contributed by atoms with Gasteiger partial charge in [0, 0.05) is 18.4 Å². The number of aromatic nitrogens is 2. The molecule has 0 fully saturated rings. The third-order valence-electron chi connectivity index (χ3n) is 4.78. The van der Waals surface area contributed by atoms with Crippen molar-refractivity contribution in [2.75, 3.05) is 13.2 Å². The molecule has 0 radical (unpaired) electrons. The fourth-order valence-electron chi connectivity index (χ4n) is 3.11. The van der Waals surface area contributed by atoms with Gasteiger partial charge in [-0.15, -0.1) is 10.2 Å². The maximum absolute atomic E-state index is 12.3. The number of hydrogen-bond acceptors (Lipinski definition) is 6. The molecule has 150 valence electrons. The van der Waals surface area contributed by atoms with Crippen molar-refractivity contribution in [1.82, 2.24) is 15.5 Å². The van der Waals surface area contributed by atoms with Crippen LogP contribution >= 0.6 is 0 Å². The summed E-state index contributed by atoms with van der Waals surface area (Å²) >= 11 is 0. The number of nitrogens with one attached hydrogen (secondary N) is 1. The average molecular weight is 393 g/mol. The average Bonchev–Trinajstić information content (AvgIpc) is 3.21. The Labute approximate surface area is 169 Å². The molecule has 1 aliphatic rings. The second-order valence-corrected chi connectivity index (χ2v) is 7.06. The first kappa shape index (κ1) is 19.0. The van der Waals surface area contributed by atoms with Crippen molar-refractivity contribution in [3.8, 4) is 23.0 Å². The normalized spacial score (nSPS) is 13.7. The van der Waals surface area contributed by atoms with Gasteiger partial charge in [0.05, 0.1) is 6.04 Å². The lowest BCUT2D eigenvalue weighted by Gasteiger charge is -2.21. The van der Waals surface area contributed by atoms with Crippen LogP contribution in [0.15, 0.2) is 46.9 Å². The maximum atomic E-state index is 12.3. The van der Waals surface area contributed by atoms with E-state index in [0.29, 0.717) is 37.2 Å². The van der Waals surface area contributed by atoms with Gasteiger partial charge in [0.1, 0.15) is 13.2 Å². The molecule has 0 aliphatic carbocycles. The molecule has 1 atom stereocenters. The Morgan fingerprint density at radius 3 is 2.62 bits per heavy atom. The van der Waals surface area contributed by atoms with E-state index in [0.717, 1.165) is 22.4 Å². The highest BCUT2D eigenvalue weighted by Crippen LogP contribution is 2.32. The topological polar surface area (TPSA) is 86.5 Å². The van der Waals surface area contributed by atoms with E-state index in [4.69, 9.17) is 13.9 Å². The van der Waals surface area contributed by atoms with Crippen LogP contribution in [0.5, 0.6) is 11.5 Å². The standard InChI is InChI=1S/C22H23N3O4/c1-14-3-5-16(6-4-14)22-25-24-21(29-22)10-9-20(26)23-15(2)17-7-8-18-19(13-17)28-12-11-27-18/h3-8,13,15H,9-12H2,1-2H3,(H,23,26). The van der Waals surface area contributed by atoms with Gasteiger partial charge in [0.15, 0.2) is 11.5 Å². The molecule has 1 amide bonds. The molecule has 4 rings (SSSR count). The Morgan fingerprint density at radius 2 is 1.83 bits per heavy atom. The zero-order valence-electron chi connectivity index (χ0n) is 16.5. The molecule has 1 aromatic heterocycles. The molecule has 1 unspecified atom stereocenters. The van der Waals surface area contributed by atoms with E-state index in [-0.39, 0.29) is 18.4 Å². The van der Waals surface area contributed by atoms with E-state index >= 15 is 0 Å². The number of fused-ring (bicyclic) bond motifs is 1. The fourth-order valence-corrected chi connectivity index (χ4v) is 3.11. The quantitative estimate of drug-likeness (QED) is 0.688. The molecule has 0 spiro atoms. The lowest BCUT2D eigenvalue weighted by molar-refractivity contribution is -0.121. The molecule has 0 bridgehead atoms. The van der Waals surface area contributed by atoms with E-state index < -0.39 is 0 Å². The van der Waals surface area contributed by atoms with Gasteiger partial charge in [-0.1, -0.05) is 23.8 Å². The van der Waals surface area contributed by atoms with E-state index in [1.54, 1.807) is 0 Å². The van der Waals surface area contributed by atoms with E-state index in [1.807, 2.05) is 56.3 Å². The predicted octanol–water partition coefficient (Wildman–Crippen LogP) is 3.63. The molecule has 1 N–H and O–H groups in total. The maximum Gasteiger partial charge on any atom is 0.247 e. The summed E-state index contributed by atoms with van der Waals surface area (Å²) in [4.78, 5) is 12.3. The van der Waals surface area contributed by atoms with Gasteiger partial charge >= 0.3 is 0 Å². The highest BCUT2D eigenvalue weighted by Gasteiger charge is 2.16. The number of amides is 1. The van der Waals surface area contributed by atoms with Crippen molar-refractivity contribution < 1.29 is 18.7 Å². The summed E-state index contributed by atoms with van der Waals surface area (Å²) in [5.41, 5.74) is 2.99. The van der Waals surface area contributed by atoms with Crippen LogP contribution in [0.2, 0.25) is 0 Å². The molecule has 0 saturated heterocycles. The molecule has 2 aromatic carbocycles. The van der Waals surface area contributed by atoms with Crippen LogP contribution in [0.25, 0.3) is 11.5 Å². The number of ether oxygens (including phenoxy) is 2. The van der Waals surface area contributed by atoms with Gasteiger partial charge in [-0.25, -0.2) is 0 Å². The number of rotatable bonds is 6. The second-order valence-electron chi connectivity index (χ2n) is 7.06. The molecular weight excluding hydrogens is 370 g/mol. The Hall–Kier alpha value is -3.35. The lowest BCUT2D eigenvalue weighted by atomic mass is 10.1. The number of nitrogens with zero attached hydrogens (tertiary/aromatic N) is 2. The predicted molar refractivity (Wildman–Crippen MR) is 107 cm³/mol. The van der Waals surface area contributed by atoms with Crippen LogP contribution < -0.4 is 14.8 Å². The molecular formula is C22H23N3O4. The van der Waals surface area contributed by atoms with Crippen LogP contribution in [0.3, 0.4) is 0 Å². The van der Waals surface area contributed by atoms with Crippen molar-refractivity contribution in [2.24, 2.45) is 0 Å². The summed E-state index contributed by atoms with van der Waals surface area (Å²) in [6.07, 6.45) is 0.656. The summed E-state index contributed by atoms with van der Waals surface area (Å²) < 4.78 is 16.8. The molecule has 7 heteroatoms. The minimum Gasteiger partial charge on any atom is -0.486 e. The van der Waals surface area contributed by atoms with E-state index in [1.165, 1.54) is 0 Å². The first-order valence-electron chi connectivity index (χ1n) is 9.67. The number of hydrogen-bond donors (Lipinski definition) is 1. The molecule has 1 aliphatic heterocycles. The number of carbonyl (C=O) groups is 1. The number of aryl methyl sites for hydroxylation is 2. The Balaban J connectivity index is 1.31. The van der Waals surface area contributed by atoms with Crippen LogP contribution in [0.1, 0.15) is 36.4 Å². The molecule has 0 saturated carbocycles. The number of benzene rings is 2. The highest BCUT2D eigenvalue weighted by molar-refractivity contribution is 5.76. The smallest absolute Gasteiger partial charge is 0.247 e. The largest absolute Gasteiger partial charge is 0.486 e. The van der Waals surface area contributed by atoms with Crippen LogP contribution in [-0.2, 0) is 11.2 Å². The molecule has 3 aromatic rings. The first-order valence-corrected chi connectivity index (χ1v) is 9.67. The molecule has 7 nitrogen and oxygen atoms in total. The van der Waals surface area contributed by atoms with E-state index in [9.17, 15) is 4.79 Å². The van der Waals surface area contributed by atoms with E-state index in [2.05, 4.69) is 15.5 Å². The summed E-state index contributed by atoms with van der Waals surface area (Å²) in [6, 6.07) is 13.4. The second kappa shape index (κ2) is 8.34. The minimum atomic E-state index is -0.149. The van der Waals surface area contributed by atoms with Gasteiger partial charge in [-0.05, 0) is 43.7 Å². The monoisotopic (exact) mass is 393 g/mol. The van der Waals surface area contributed by atoms with Crippen LogP contribution in [-0.4, -0.2) is 29.3 Å². The van der Waals surface area contributed by atoms with Gasteiger partial charge in [-0.2, -0.15) is 0 Å². The summed E-state index contributed by atoms with van der Waals surface area (Å²) in [6.45, 7) is 5.05. The third kappa shape index (κ3) is 4.56. The first-order chi connectivity index (χ1) is 14.1.